The van der Waals surface area contributed by atoms with E-state index in [1.54, 1.807) is 6.33 Å². The van der Waals surface area contributed by atoms with Crippen molar-refractivity contribution in [3.8, 4) is 11.3 Å². The van der Waals surface area contributed by atoms with E-state index in [0.29, 0.717) is 6.04 Å². The molecule has 4 rings (SSSR count). The summed E-state index contributed by atoms with van der Waals surface area (Å²) in [7, 11) is 1.97. The second kappa shape index (κ2) is 7.84. The first-order valence-corrected chi connectivity index (χ1v) is 10.6. The molecule has 0 saturated carbocycles. The lowest BCUT2D eigenvalue weighted by Crippen LogP contribution is -2.49. The molecule has 2 aliphatic rings. The fourth-order valence-electron chi connectivity index (χ4n) is 4.01. The molecule has 0 spiro atoms. The number of imidazole rings is 1. The number of hydrogen-bond donors (Lipinski definition) is 0. The number of aryl methyl sites for hydroxylation is 1. The number of amides is 1. The Hall–Kier alpha value is -1.79. The molecule has 26 heavy (non-hydrogen) atoms. The third kappa shape index (κ3) is 3.67. The maximum absolute atomic E-state index is 13.0. The summed E-state index contributed by atoms with van der Waals surface area (Å²) in [6.07, 6.45) is 5.81. The van der Waals surface area contributed by atoms with Crippen molar-refractivity contribution in [1.82, 2.24) is 19.4 Å². The Kier molecular flexibility index (Phi) is 5.31. The Morgan fingerprint density at radius 1 is 1.15 bits per heavy atom. The van der Waals surface area contributed by atoms with Gasteiger partial charge in [-0.15, -0.1) is 0 Å². The van der Waals surface area contributed by atoms with E-state index in [0.717, 1.165) is 42.8 Å². The molecule has 2 aliphatic heterocycles. The monoisotopic (exact) mass is 370 g/mol. The van der Waals surface area contributed by atoms with Gasteiger partial charge in [0, 0.05) is 61.9 Å². The summed E-state index contributed by atoms with van der Waals surface area (Å²) in [5, 5.41) is 0. The van der Waals surface area contributed by atoms with E-state index in [4.69, 9.17) is 0 Å². The van der Waals surface area contributed by atoms with Crippen LogP contribution < -0.4 is 0 Å². The fraction of sp³-hybridized carbons (Fsp3) is 0.500. The van der Waals surface area contributed by atoms with Crippen molar-refractivity contribution in [2.45, 2.75) is 18.9 Å². The molecule has 2 fully saturated rings. The number of benzene rings is 1. The molecule has 0 atom stereocenters. The van der Waals surface area contributed by atoms with Crippen LogP contribution in [0.4, 0.5) is 0 Å². The van der Waals surface area contributed by atoms with Crippen LogP contribution in [0.1, 0.15) is 23.2 Å². The minimum atomic E-state index is 0.154. The number of nitrogens with zero attached hydrogens (tertiary/aromatic N) is 4. The van der Waals surface area contributed by atoms with Gasteiger partial charge in [-0.2, -0.15) is 11.8 Å². The highest BCUT2D eigenvalue weighted by Crippen LogP contribution is 2.23. The fourth-order valence-corrected chi connectivity index (χ4v) is 4.94. The lowest BCUT2D eigenvalue weighted by atomic mass is 10.0. The first-order valence-electron chi connectivity index (χ1n) is 9.40. The topological polar surface area (TPSA) is 41.4 Å². The molecule has 1 amide bonds. The van der Waals surface area contributed by atoms with E-state index in [-0.39, 0.29) is 5.91 Å². The van der Waals surface area contributed by atoms with Crippen LogP contribution in [0.2, 0.25) is 0 Å². The van der Waals surface area contributed by atoms with Crippen molar-refractivity contribution in [2.24, 2.45) is 7.05 Å². The molecule has 3 heterocycles. The van der Waals surface area contributed by atoms with Crippen molar-refractivity contribution >= 4 is 17.7 Å². The number of likely N-dealkylation sites (tertiary alicyclic amines) is 1. The number of rotatable bonds is 3. The SMILES string of the molecule is Cn1cncc1-c1cccc(C(=O)N2CCC(N3CCSCC3)CC2)c1. The third-order valence-electron chi connectivity index (χ3n) is 5.54. The number of hydrogen-bond acceptors (Lipinski definition) is 4. The van der Waals surface area contributed by atoms with Crippen LogP contribution in [0.3, 0.4) is 0 Å². The van der Waals surface area contributed by atoms with Gasteiger partial charge in [-0.05, 0) is 25.0 Å². The summed E-state index contributed by atoms with van der Waals surface area (Å²) in [6.45, 7) is 4.14. The Morgan fingerprint density at radius 3 is 2.62 bits per heavy atom. The molecule has 0 bridgehead atoms. The van der Waals surface area contributed by atoms with Crippen LogP contribution in [-0.4, -0.2) is 69.0 Å². The average molecular weight is 371 g/mol. The van der Waals surface area contributed by atoms with Gasteiger partial charge in [-0.3, -0.25) is 9.69 Å². The van der Waals surface area contributed by atoms with E-state index in [1.165, 1.54) is 24.6 Å². The first kappa shape index (κ1) is 17.6. The van der Waals surface area contributed by atoms with Crippen LogP contribution in [0, 0.1) is 0 Å². The molecule has 0 N–H and O–H groups in total. The number of piperidine rings is 1. The van der Waals surface area contributed by atoms with Crippen LogP contribution >= 0.6 is 11.8 Å². The van der Waals surface area contributed by atoms with Crippen molar-refractivity contribution in [3.05, 3.63) is 42.4 Å². The van der Waals surface area contributed by atoms with Gasteiger partial charge >= 0.3 is 0 Å². The quantitative estimate of drug-likeness (QED) is 0.833. The standard InChI is InChI=1S/C20H26N4OS/c1-22-15-21-14-19(22)16-3-2-4-17(13-16)20(25)24-7-5-18(6-8-24)23-9-11-26-12-10-23/h2-4,13-15,18H,5-12H2,1H3. The number of aromatic nitrogens is 2. The summed E-state index contributed by atoms with van der Waals surface area (Å²) < 4.78 is 1.98. The molecule has 1 aromatic carbocycles. The zero-order chi connectivity index (χ0) is 17.9. The summed E-state index contributed by atoms with van der Waals surface area (Å²) in [4.78, 5) is 21.8. The van der Waals surface area contributed by atoms with E-state index in [1.807, 2.05) is 47.0 Å². The van der Waals surface area contributed by atoms with E-state index >= 15 is 0 Å². The highest BCUT2D eigenvalue weighted by atomic mass is 32.2. The maximum atomic E-state index is 13.0. The zero-order valence-electron chi connectivity index (χ0n) is 15.3. The van der Waals surface area contributed by atoms with Crippen LogP contribution in [-0.2, 0) is 7.05 Å². The molecule has 0 unspecified atom stereocenters. The molecule has 0 aliphatic carbocycles. The second-order valence-corrected chi connectivity index (χ2v) is 8.37. The zero-order valence-corrected chi connectivity index (χ0v) is 16.1. The summed E-state index contributed by atoms with van der Waals surface area (Å²) >= 11 is 2.05. The number of carbonyl (C=O) groups is 1. The Bertz CT molecular complexity index is 761. The van der Waals surface area contributed by atoms with Gasteiger partial charge in [0.1, 0.15) is 0 Å². The molecule has 0 radical (unpaired) electrons. The largest absolute Gasteiger partial charge is 0.339 e. The van der Waals surface area contributed by atoms with E-state index in [2.05, 4.69) is 21.6 Å². The summed E-state index contributed by atoms with van der Waals surface area (Å²) in [6, 6.07) is 8.58. The molecule has 6 heteroatoms. The van der Waals surface area contributed by atoms with Gasteiger partial charge in [0.05, 0.1) is 18.2 Å². The summed E-state index contributed by atoms with van der Waals surface area (Å²) in [5.41, 5.74) is 2.84. The Balaban J connectivity index is 1.41. The average Bonchev–Trinajstić information content (AvgIpc) is 3.14. The van der Waals surface area contributed by atoms with Crippen molar-refractivity contribution in [1.29, 1.82) is 0 Å². The minimum absolute atomic E-state index is 0.154. The third-order valence-corrected chi connectivity index (χ3v) is 6.48. The van der Waals surface area contributed by atoms with E-state index < -0.39 is 0 Å². The van der Waals surface area contributed by atoms with Gasteiger partial charge in [-0.25, -0.2) is 4.98 Å². The first-order chi connectivity index (χ1) is 12.7. The molecular weight excluding hydrogens is 344 g/mol. The van der Waals surface area contributed by atoms with Gasteiger partial charge < -0.3 is 9.47 Å². The Morgan fingerprint density at radius 2 is 1.92 bits per heavy atom. The van der Waals surface area contributed by atoms with Gasteiger partial charge in [-0.1, -0.05) is 12.1 Å². The number of carbonyl (C=O) groups excluding carboxylic acids is 1. The van der Waals surface area contributed by atoms with Crippen molar-refractivity contribution in [2.75, 3.05) is 37.7 Å². The molecular formula is C20H26N4OS. The number of thioether (sulfide) groups is 1. The maximum Gasteiger partial charge on any atom is 0.253 e. The predicted molar refractivity (Wildman–Crippen MR) is 106 cm³/mol. The molecule has 5 nitrogen and oxygen atoms in total. The van der Waals surface area contributed by atoms with Crippen LogP contribution in [0.5, 0.6) is 0 Å². The van der Waals surface area contributed by atoms with E-state index in [9.17, 15) is 4.79 Å². The lowest BCUT2D eigenvalue weighted by molar-refractivity contribution is 0.0631. The van der Waals surface area contributed by atoms with Gasteiger partial charge in [0.2, 0.25) is 0 Å². The minimum Gasteiger partial charge on any atom is -0.339 e. The van der Waals surface area contributed by atoms with Crippen LogP contribution in [0.15, 0.2) is 36.8 Å². The Labute approximate surface area is 159 Å². The molecule has 2 aromatic rings. The highest BCUT2D eigenvalue weighted by molar-refractivity contribution is 7.99. The second-order valence-electron chi connectivity index (χ2n) is 7.14. The normalized spacial score (nSPS) is 19.7. The van der Waals surface area contributed by atoms with Crippen LogP contribution in [0.25, 0.3) is 11.3 Å². The van der Waals surface area contributed by atoms with Gasteiger partial charge in [0.25, 0.3) is 5.91 Å². The molecule has 2 saturated heterocycles. The van der Waals surface area contributed by atoms with Gasteiger partial charge in [0.15, 0.2) is 0 Å². The summed E-state index contributed by atoms with van der Waals surface area (Å²) in [5.74, 6) is 2.65. The highest BCUT2D eigenvalue weighted by Gasteiger charge is 2.28. The predicted octanol–water partition coefficient (Wildman–Crippen LogP) is 2.74. The smallest absolute Gasteiger partial charge is 0.253 e. The lowest BCUT2D eigenvalue weighted by Gasteiger charge is -2.40. The molecule has 1 aromatic heterocycles. The van der Waals surface area contributed by atoms with Crippen molar-refractivity contribution in [3.63, 3.8) is 0 Å². The van der Waals surface area contributed by atoms with Crippen molar-refractivity contribution < 1.29 is 4.79 Å². The molecule has 138 valence electrons.